The van der Waals surface area contributed by atoms with Gasteiger partial charge in [-0.2, -0.15) is 5.10 Å². The number of halogens is 1. The van der Waals surface area contributed by atoms with Gasteiger partial charge in [0.15, 0.2) is 0 Å². The summed E-state index contributed by atoms with van der Waals surface area (Å²) < 4.78 is 4.04. The fourth-order valence-corrected chi connectivity index (χ4v) is 3.88. The number of imidazole rings is 1. The summed E-state index contributed by atoms with van der Waals surface area (Å²) in [7, 11) is 2.03. The predicted molar refractivity (Wildman–Crippen MR) is 97.6 cm³/mol. The largest absolute Gasteiger partial charge is 0.394 e. The highest BCUT2D eigenvalue weighted by molar-refractivity contribution is 6.31. The maximum Gasteiger partial charge on any atom is 0.123 e. The predicted octanol–water partition coefficient (Wildman–Crippen LogP) is 2.58. The second kappa shape index (κ2) is 6.78. The Morgan fingerprint density at radius 1 is 1.40 bits per heavy atom. The van der Waals surface area contributed by atoms with Crippen molar-refractivity contribution in [1.82, 2.24) is 24.6 Å². The van der Waals surface area contributed by atoms with Gasteiger partial charge in [-0.05, 0) is 37.5 Å². The first kappa shape index (κ1) is 16.6. The van der Waals surface area contributed by atoms with E-state index >= 15 is 0 Å². The molecule has 2 aromatic heterocycles. The zero-order valence-electron chi connectivity index (χ0n) is 14.2. The molecule has 4 rings (SSSR count). The van der Waals surface area contributed by atoms with Gasteiger partial charge in [-0.25, -0.2) is 4.98 Å². The van der Waals surface area contributed by atoms with Gasteiger partial charge in [-0.3, -0.25) is 4.68 Å². The van der Waals surface area contributed by atoms with E-state index in [4.69, 9.17) is 16.6 Å². The number of nitrogens with zero attached hydrogens (tertiary/aromatic N) is 4. The van der Waals surface area contributed by atoms with Gasteiger partial charge in [0.25, 0.3) is 0 Å². The van der Waals surface area contributed by atoms with Crippen LogP contribution in [0.15, 0.2) is 24.4 Å². The number of benzene rings is 1. The van der Waals surface area contributed by atoms with Crippen molar-refractivity contribution in [3.8, 4) is 0 Å². The van der Waals surface area contributed by atoms with Gasteiger partial charge in [0, 0.05) is 29.4 Å². The number of aryl methyl sites for hydroxylation is 1. The van der Waals surface area contributed by atoms with Gasteiger partial charge in [0.05, 0.1) is 36.9 Å². The summed E-state index contributed by atoms with van der Waals surface area (Å²) in [6, 6.07) is 6.08. The summed E-state index contributed by atoms with van der Waals surface area (Å²) in [4.78, 5) is 4.71. The van der Waals surface area contributed by atoms with Gasteiger partial charge in [0.1, 0.15) is 5.82 Å². The first-order valence-electron chi connectivity index (χ1n) is 8.67. The van der Waals surface area contributed by atoms with Crippen LogP contribution >= 0.6 is 11.6 Å². The number of rotatable bonds is 5. The highest BCUT2D eigenvalue weighted by atomic mass is 35.5. The number of nitrogens with one attached hydrogen (secondary N) is 1. The zero-order valence-corrected chi connectivity index (χ0v) is 15.0. The van der Waals surface area contributed by atoms with Crippen LogP contribution in [0.25, 0.3) is 11.0 Å². The molecule has 7 heteroatoms. The lowest BCUT2D eigenvalue weighted by Crippen LogP contribution is -2.26. The molecule has 2 heterocycles. The van der Waals surface area contributed by atoms with Crippen LogP contribution in [0.3, 0.4) is 0 Å². The van der Waals surface area contributed by atoms with Crippen molar-refractivity contribution in [3.05, 3.63) is 46.5 Å². The highest BCUT2D eigenvalue weighted by Gasteiger charge is 2.24. The van der Waals surface area contributed by atoms with Crippen LogP contribution in [-0.2, 0) is 26.6 Å². The summed E-state index contributed by atoms with van der Waals surface area (Å²) in [5, 5.41) is 18.0. The van der Waals surface area contributed by atoms with E-state index < -0.39 is 0 Å². The van der Waals surface area contributed by atoms with E-state index in [0.717, 1.165) is 36.1 Å². The third-order valence-corrected chi connectivity index (χ3v) is 5.25. The molecule has 0 saturated carbocycles. The SMILES string of the molecule is Cn1c(CNC2CCCc3c2cnn3CCO)nc2cc(Cl)ccc21. The highest BCUT2D eigenvalue weighted by Crippen LogP contribution is 2.30. The molecule has 6 nitrogen and oxygen atoms in total. The minimum atomic E-state index is 0.120. The van der Waals surface area contributed by atoms with Crippen molar-refractivity contribution in [1.29, 1.82) is 0 Å². The number of fused-ring (bicyclic) bond motifs is 2. The van der Waals surface area contributed by atoms with E-state index in [1.807, 2.05) is 36.1 Å². The summed E-state index contributed by atoms with van der Waals surface area (Å²) in [5.41, 5.74) is 4.50. The Labute approximate surface area is 151 Å². The van der Waals surface area contributed by atoms with E-state index in [-0.39, 0.29) is 12.6 Å². The third-order valence-electron chi connectivity index (χ3n) is 5.02. The molecule has 0 saturated heterocycles. The molecule has 1 unspecified atom stereocenters. The van der Waals surface area contributed by atoms with Gasteiger partial charge in [-0.15, -0.1) is 0 Å². The molecule has 1 aromatic carbocycles. The number of aliphatic hydroxyl groups excluding tert-OH is 1. The molecule has 0 bridgehead atoms. The fourth-order valence-electron chi connectivity index (χ4n) is 3.71. The average molecular weight is 360 g/mol. The fraction of sp³-hybridized carbons (Fsp3) is 0.444. The lowest BCUT2D eigenvalue weighted by molar-refractivity contribution is 0.266. The van der Waals surface area contributed by atoms with E-state index in [1.165, 1.54) is 11.3 Å². The molecular formula is C18H22ClN5O. The number of aromatic nitrogens is 4. The molecule has 0 aliphatic heterocycles. The van der Waals surface area contributed by atoms with Crippen LogP contribution in [0.4, 0.5) is 0 Å². The van der Waals surface area contributed by atoms with Crippen LogP contribution in [0.1, 0.15) is 36.0 Å². The maximum atomic E-state index is 9.18. The molecule has 0 radical (unpaired) electrons. The topological polar surface area (TPSA) is 67.9 Å². The van der Waals surface area contributed by atoms with Crippen LogP contribution in [0.5, 0.6) is 0 Å². The Kier molecular flexibility index (Phi) is 4.50. The van der Waals surface area contributed by atoms with Gasteiger partial charge in [-0.1, -0.05) is 11.6 Å². The van der Waals surface area contributed by atoms with Crippen molar-refractivity contribution in [3.63, 3.8) is 0 Å². The summed E-state index contributed by atoms with van der Waals surface area (Å²) >= 11 is 6.07. The Morgan fingerprint density at radius 2 is 2.28 bits per heavy atom. The minimum Gasteiger partial charge on any atom is -0.394 e. The number of hydrogen-bond donors (Lipinski definition) is 2. The smallest absolute Gasteiger partial charge is 0.123 e. The normalized spacial score (nSPS) is 17.2. The molecular weight excluding hydrogens is 338 g/mol. The van der Waals surface area contributed by atoms with E-state index in [0.29, 0.717) is 18.1 Å². The Balaban J connectivity index is 1.54. The third kappa shape index (κ3) is 3.05. The molecule has 2 N–H and O–H groups in total. The van der Waals surface area contributed by atoms with Crippen molar-refractivity contribution in [2.75, 3.05) is 6.61 Å². The summed E-state index contributed by atoms with van der Waals surface area (Å²) in [6.07, 6.45) is 5.18. The van der Waals surface area contributed by atoms with Gasteiger partial charge in [0.2, 0.25) is 0 Å². The van der Waals surface area contributed by atoms with Crippen LogP contribution in [0.2, 0.25) is 5.02 Å². The Bertz CT molecular complexity index is 900. The van der Waals surface area contributed by atoms with Crippen LogP contribution < -0.4 is 5.32 Å². The average Bonchev–Trinajstić information content (AvgIpc) is 3.15. The molecule has 25 heavy (non-hydrogen) atoms. The van der Waals surface area contributed by atoms with E-state index in [1.54, 1.807) is 0 Å². The van der Waals surface area contributed by atoms with Gasteiger partial charge >= 0.3 is 0 Å². The molecule has 0 fully saturated rings. The molecule has 1 atom stereocenters. The first-order chi connectivity index (χ1) is 12.2. The molecule has 1 aliphatic carbocycles. The Hall–Kier alpha value is -1.89. The molecule has 1 aliphatic rings. The standard InChI is InChI=1S/C18H22ClN5O/c1-23-17-6-5-12(19)9-15(17)22-18(23)11-20-14-3-2-4-16-13(14)10-21-24(16)7-8-25/h5-6,9-10,14,20,25H,2-4,7-8,11H2,1H3. The number of aliphatic hydroxyl groups is 1. The lowest BCUT2D eigenvalue weighted by atomic mass is 9.93. The van der Waals surface area contributed by atoms with Gasteiger partial charge < -0.3 is 15.0 Å². The Morgan fingerprint density at radius 3 is 3.12 bits per heavy atom. The molecule has 0 spiro atoms. The molecule has 132 valence electrons. The zero-order chi connectivity index (χ0) is 17.4. The number of hydrogen-bond acceptors (Lipinski definition) is 4. The van der Waals surface area contributed by atoms with E-state index in [9.17, 15) is 5.11 Å². The second-order valence-corrected chi connectivity index (χ2v) is 6.98. The van der Waals surface area contributed by atoms with Crippen molar-refractivity contribution < 1.29 is 5.11 Å². The van der Waals surface area contributed by atoms with Crippen molar-refractivity contribution in [2.45, 2.75) is 38.4 Å². The minimum absolute atomic E-state index is 0.120. The molecule has 3 aromatic rings. The summed E-state index contributed by atoms with van der Waals surface area (Å²) in [6.45, 7) is 1.38. The van der Waals surface area contributed by atoms with E-state index in [2.05, 4.69) is 15.0 Å². The maximum absolute atomic E-state index is 9.18. The lowest BCUT2D eigenvalue weighted by Gasteiger charge is -2.24. The first-order valence-corrected chi connectivity index (χ1v) is 9.05. The monoisotopic (exact) mass is 359 g/mol. The van der Waals surface area contributed by atoms with Crippen molar-refractivity contribution >= 4 is 22.6 Å². The second-order valence-electron chi connectivity index (χ2n) is 6.54. The van der Waals surface area contributed by atoms with Crippen molar-refractivity contribution in [2.24, 2.45) is 7.05 Å². The molecule has 0 amide bonds. The quantitative estimate of drug-likeness (QED) is 0.734. The van der Waals surface area contributed by atoms with Crippen LogP contribution in [-0.4, -0.2) is 31.0 Å². The summed E-state index contributed by atoms with van der Waals surface area (Å²) in [5.74, 6) is 0.993. The van der Waals surface area contributed by atoms with Crippen LogP contribution in [0, 0.1) is 0 Å².